The van der Waals surface area contributed by atoms with Crippen LogP contribution in [0, 0.1) is 11.8 Å². The molecule has 61 heavy (non-hydrogen) atoms. The molecule has 344 valence electrons. The standard InChI is InChI=1S/C37H60N8O16/c1-7-9-22(31(54)35(58)39-16-28(52)53)41-25(47)17-45(15-8-10-21(38)37(60)61)36(59)30(19(4)5)44-34(57)29(18(2)3)43-33(56)24(12-14-27(50)51)42-32(55)23(40-20(6)46)11-13-26(48)49/h18-19,21-24,29-30H,7-17,38H2,1-6H3,(H,39,58)(H,40,46)(H,41,47)(H,42,55)(H,43,56)(H,44,57)(H,48,49)(H,50,51)(H,52,53)(H,60,61)/t21?,22-,23-,24-,29-,30-/m0/s1. The highest BCUT2D eigenvalue weighted by Crippen LogP contribution is 2.13. The molecule has 0 spiro atoms. The lowest BCUT2D eigenvalue weighted by molar-refractivity contribution is -0.143. The molecule has 0 aliphatic rings. The molecule has 0 saturated carbocycles. The van der Waals surface area contributed by atoms with Crippen LogP contribution in [-0.2, 0) is 57.5 Å². The number of nitrogens with two attached hydrogens (primary N) is 1. The summed E-state index contributed by atoms with van der Waals surface area (Å²) in [6, 6.07) is -8.59. The third-order valence-corrected chi connectivity index (χ3v) is 8.86. The monoisotopic (exact) mass is 872 g/mol. The minimum atomic E-state index is -1.60. The van der Waals surface area contributed by atoms with Crippen LogP contribution in [0.3, 0.4) is 0 Å². The number of amides is 7. The molecule has 1 unspecified atom stereocenters. The van der Waals surface area contributed by atoms with Gasteiger partial charge < -0.3 is 63.0 Å². The predicted octanol–water partition coefficient (Wildman–Crippen LogP) is -2.94. The maximum absolute atomic E-state index is 14.1. The third-order valence-electron chi connectivity index (χ3n) is 8.86. The summed E-state index contributed by atoms with van der Waals surface area (Å²) in [5.74, 6) is -14.6. The minimum absolute atomic E-state index is 0.0408. The van der Waals surface area contributed by atoms with Crippen molar-refractivity contribution in [3.05, 3.63) is 0 Å². The lowest BCUT2D eigenvalue weighted by Gasteiger charge is -2.32. The molecule has 0 fully saturated rings. The van der Waals surface area contributed by atoms with Crippen molar-refractivity contribution in [1.82, 2.24) is 36.8 Å². The molecule has 24 nitrogen and oxygen atoms in total. The first kappa shape index (κ1) is 54.8. The average Bonchev–Trinajstić information content (AvgIpc) is 3.15. The Morgan fingerprint density at radius 1 is 0.607 bits per heavy atom. The van der Waals surface area contributed by atoms with Gasteiger partial charge in [-0.3, -0.25) is 57.5 Å². The molecular formula is C37H60N8O16. The van der Waals surface area contributed by atoms with E-state index in [1.54, 1.807) is 20.8 Å². The number of carbonyl (C=O) groups is 12. The first-order valence-electron chi connectivity index (χ1n) is 19.5. The Bertz CT molecular complexity index is 1620. The van der Waals surface area contributed by atoms with Crippen LogP contribution in [0.2, 0.25) is 0 Å². The number of aliphatic carboxylic acids is 4. The summed E-state index contributed by atoms with van der Waals surface area (Å²) in [7, 11) is 0. The molecule has 0 heterocycles. The normalized spacial score (nSPS) is 13.9. The number of ketones is 1. The molecule has 24 heteroatoms. The maximum Gasteiger partial charge on any atom is 0.322 e. The highest BCUT2D eigenvalue weighted by molar-refractivity contribution is 6.38. The van der Waals surface area contributed by atoms with Crippen LogP contribution in [0.5, 0.6) is 0 Å². The molecule has 0 aromatic rings. The van der Waals surface area contributed by atoms with E-state index in [4.69, 9.17) is 15.9 Å². The van der Waals surface area contributed by atoms with Gasteiger partial charge in [0.05, 0.1) is 12.6 Å². The summed E-state index contributed by atoms with van der Waals surface area (Å²) < 4.78 is 0. The van der Waals surface area contributed by atoms with Gasteiger partial charge >= 0.3 is 23.9 Å². The van der Waals surface area contributed by atoms with Gasteiger partial charge in [0.25, 0.3) is 5.91 Å². The number of carbonyl (C=O) groups excluding carboxylic acids is 8. The maximum atomic E-state index is 14.1. The van der Waals surface area contributed by atoms with Crippen LogP contribution in [0.25, 0.3) is 0 Å². The van der Waals surface area contributed by atoms with Gasteiger partial charge in [-0.2, -0.15) is 0 Å². The van der Waals surface area contributed by atoms with Gasteiger partial charge in [0.15, 0.2) is 0 Å². The van der Waals surface area contributed by atoms with E-state index in [1.165, 1.54) is 13.8 Å². The molecule has 0 rings (SSSR count). The second-order valence-electron chi connectivity index (χ2n) is 14.8. The van der Waals surface area contributed by atoms with Crippen LogP contribution >= 0.6 is 0 Å². The number of nitrogens with zero attached hydrogens (tertiary/aromatic N) is 1. The van der Waals surface area contributed by atoms with Gasteiger partial charge in [-0.1, -0.05) is 41.0 Å². The van der Waals surface area contributed by atoms with Crippen LogP contribution in [0.1, 0.15) is 92.9 Å². The van der Waals surface area contributed by atoms with Gasteiger partial charge in [-0.15, -0.1) is 0 Å². The van der Waals surface area contributed by atoms with Crippen molar-refractivity contribution in [2.24, 2.45) is 17.6 Å². The molecule has 7 amide bonds. The summed E-state index contributed by atoms with van der Waals surface area (Å²) in [5.41, 5.74) is 5.62. The van der Waals surface area contributed by atoms with Crippen LogP contribution in [0.4, 0.5) is 0 Å². The zero-order chi connectivity index (χ0) is 47.1. The predicted molar refractivity (Wildman–Crippen MR) is 211 cm³/mol. The Morgan fingerprint density at radius 3 is 1.57 bits per heavy atom. The molecule has 0 radical (unpaired) electrons. The molecule has 0 aliphatic heterocycles. The second kappa shape index (κ2) is 27.5. The zero-order valence-electron chi connectivity index (χ0n) is 35.1. The lowest BCUT2D eigenvalue weighted by atomic mass is 9.98. The number of carboxylic acids is 4. The zero-order valence-corrected chi connectivity index (χ0v) is 35.1. The van der Waals surface area contributed by atoms with Gasteiger partial charge in [0, 0.05) is 26.3 Å². The molecule has 0 bridgehead atoms. The number of carboxylic acid groups (broad SMARTS) is 4. The van der Waals surface area contributed by atoms with Crippen molar-refractivity contribution in [2.75, 3.05) is 19.6 Å². The Kier molecular flexibility index (Phi) is 24.7. The van der Waals surface area contributed by atoms with Gasteiger partial charge in [0.1, 0.15) is 36.8 Å². The van der Waals surface area contributed by atoms with Crippen molar-refractivity contribution >= 4 is 71.0 Å². The number of hydrogen-bond acceptors (Lipinski definition) is 13. The number of Topliss-reactive ketones (excluding diaryl/α,β-unsaturated/α-hetero) is 1. The highest BCUT2D eigenvalue weighted by Gasteiger charge is 2.36. The molecule has 0 saturated heterocycles. The van der Waals surface area contributed by atoms with Crippen LogP contribution in [0.15, 0.2) is 0 Å². The van der Waals surface area contributed by atoms with Gasteiger partial charge in [-0.25, -0.2) is 0 Å². The van der Waals surface area contributed by atoms with E-state index < -0.39 is 151 Å². The SMILES string of the molecule is CCC[C@H](NC(=O)CN(CCCC(N)C(=O)O)C(=O)[C@@H](NC(=O)[C@@H](NC(=O)[C@H](CCC(=O)O)NC(=O)[C@H](CCC(=O)O)NC(C)=O)C(C)C)C(C)C)C(=O)C(=O)NCC(=O)O. The van der Waals surface area contributed by atoms with Crippen molar-refractivity contribution < 1.29 is 78.0 Å². The van der Waals surface area contributed by atoms with E-state index in [0.29, 0.717) is 6.42 Å². The fraction of sp³-hybridized carbons (Fsp3) is 0.676. The van der Waals surface area contributed by atoms with E-state index in [9.17, 15) is 67.7 Å². The fourth-order valence-corrected chi connectivity index (χ4v) is 5.60. The van der Waals surface area contributed by atoms with E-state index in [1.807, 2.05) is 5.32 Å². The van der Waals surface area contributed by atoms with Crippen molar-refractivity contribution in [2.45, 2.75) is 129 Å². The molecule has 0 aromatic carbocycles. The summed E-state index contributed by atoms with van der Waals surface area (Å²) in [6.45, 7) is 6.96. The summed E-state index contributed by atoms with van der Waals surface area (Å²) >= 11 is 0. The highest BCUT2D eigenvalue weighted by atomic mass is 16.4. The number of hydrogen-bond donors (Lipinski definition) is 11. The first-order valence-corrected chi connectivity index (χ1v) is 19.5. The molecule has 6 atom stereocenters. The van der Waals surface area contributed by atoms with Crippen molar-refractivity contribution in [3.8, 4) is 0 Å². The van der Waals surface area contributed by atoms with E-state index in [0.717, 1.165) is 11.8 Å². The second-order valence-corrected chi connectivity index (χ2v) is 14.8. The third kappa shape index (κ3) is 21.6. The molecule has 0 aromatic heterocycles. The Labute approximate surface area is 351 Å². The fourth-order valence-electron chi connectivity index (χ4n) is 5.60. The quantitative estimate of drug-likeness (QED) is 0.0322. The lowest BCUT2D eigenvalue weighted by Crippen LogP contribution is -2.60. The summed E-state index contributed by atoms with van der Waals surface area (Å²) in [6.07, 6.45) is -1.97. The van der Waals surface area contributed by atoms with E-state index in [2.05, 4.69) is 26.6 Å². The van der Waals surface area contributed by atoms with Crippen molar-refractivity contribution in [3.63, 3.8) is 0 Å². The topological polar surface area (TPSA) is 387 Å². The van der Waals surface area contributed by atoms with Crippen molar-refractivity contribution in [1.29, 1.82) is 0 Å². The molecule has 0 aliphatic carbocycles. The Morgan fingerprint density at radius 2 is 1.11 bits per heavy atom. The average molecular weight is 873 g/mol. The number of nitrogens with one attached hydrogen (secondary N) is 6. The Balaban J connectivity index is 6.51. The van der Waals surface area contributed by atoms with E-state index in [-0.39, 0.29) is 32.2 Å². The van der Waals surface area contributed by atoms with E-state index >= 15 is 0 Å². The minimum Gasteiger partial charge on any atom is -0.481 e. The van der Waals surface area contributed by atoms with Gasteiger partial charge in [-0.05, 0) is 43.9 Å². The van der Waals surface area contributed by atoms with Gasteiger partial charge in [0.2, 0.25) is 41.2 Å². The Hall–Kier alpha value is -6.20. The smallest absolute Gasteiger partial charge is 0.322 e. The van der Waals surface area contributed by atoms with Crippen LogP contribution in [-0.4, -0.2) is 152 Å². The largest absolute Gasteiger partial charge is 0.481 e. The number of rotatable bonds is 30. The molecular weight excluding hydrogens is 812 g/mol. The molecule has 12 N–H and O–H groups in total. The first-order chi connectivity index (χ1) is 28.3. The summed E-state index contributed by atoms with van der Waals surface area (Å²) in [5, 5.41) is 50.3. The summed E-state index contributed by atoms with van der Waals surface area (Å²) in [4.78, 5) is 150. The van der Waals surface area contributed by atoms with Crippen LogP contribution < -0.4 is 37.6 Å².